The third-order valence-electron chi connectivity index (χ3n) is 3.48. The Labute approximate surface area is 135 Å². The summed E-state index contributed by atoms with van der Waals surface area (Å²) in [4.78, 5) is 21.4. The molecular weight excluding hydrogens is 328 g/mol. The maximum Gasteiger partial charge on any atom is 0.316 e. The molecule has 3 rings (SSSR count). The summed E-state index contributed by atoms with van der Waals surface area (Å²) < 4.78 is 32.9. The number of rotatable bonds is 3. The first-order valence-corrected chi connectivity index (χ1v) is 7.30. The average Bonchev–Trinajstić information content (AvgIpc) is 2.98. The van der Waals surface area contributed by atoms with Gasteiger partial charge in [-0.1, -0.05) is 17.7 Å². The van der Waals surface area contributed by atoms with Crippen molar-refractivity contribution in [1.82, 2.24) is 14.9 Å². The van der Waals surface area contributed by atoms with Crippen molar-refractivity contribution in [2.75, 3.05) is 13.1 Å². The minimum Gasteiger partial charge on any atom is -0.458 e. The van der Waals surface area contributed by atoms with Gasteiger partial charge in [0.05, 0.1) is 24.0 Å². The second-order valence-corrected chi connectivity index (χ2v) is 5.50. The van der Waals surface area contributed by atoms with Crippen molar-refractivity contribution in [3.63, 3.8) is 0 Å². The van der Waals surface area contributed by atoms with E-state index in [4.69, 9.17) is 16.3 Å². The van der Waals surface area contributed by atoms with E-state index in [9.17, 15) is 13.6 Å². The lowest BCUT2D eigenvalue weighted by molar-refractivity contribution is 0.0760. The number of nitrogens with zero attached hydrogens (tertiary/aromatic N) is 3. The highest BCUT2D eigenvalue weighted by Gasteiger charge is 2.31. The first kappa shape index (κ1) is 15.6. The van der Waals surface area contributed by atoms with Gasteiger partial charge in [-0.25, -0.2) is 18.7 Å². The third kappa shape index (κ3) is 3.39. The van der Waals surface area contributed by atoms with Gasteiger partial charge in [-0.05, 0) is 12.1 Å². The van der Waals surface area contributed by atoms with Crippen molar-refractivity contribution in [3.05, 3.63) is 52.8 Å². The van der Waals surface area contributed by atoms with Crippen molar-refractivity contribution < 1.29 is 18.3 Å². The van der Waals surface area contributed by atoms with Crippen LogP contribution in [0.25, 0.3) is 0 Å². The van der Waals surface area contributed by atoms with Crippen LogP contribution in [0.5, 0.6) is 6.01 Å². The maximum absolute atomic E-state index is 13.7. The van der Waals surface area contributed by atoms with Gasteiger partial charge >= 0.3 is 6.01 Å². The standard InChI is InChI=1S/C15H12ClF2N3O2/c16-9-6-19-15(20-7-9)23-10-4-5-21(8-10)14(22)13-11(17)2-1-3-12(13)18/h1-3,6-7,10H,4-5,8H2. The number of benzene rings is 1. The van der Waals surface area contributed by atoms with Crippen molar-refractivity contribution in [1.29, 1.82) is 0 Å². The monoisotopic (exact) mass is 339 g/mol. The van der Waals surface area contributed by atoms with Crippen molar-refractivity contribution in [2.45, 2.75) is 12.5 Å². The van der Waals surface area contributed by atoms with E-state index in [1.165, 1.54) is 23.4 Å². The van der Waals surface area contributed by atoms with Crippen molar-refractivity contribution in [2.24, 2.45) is 0 Å². The summed E-state index contributed by atoms with van der Waals surface area (Å²) in [5, 5.41) is 0.385. The predicted octanol–water partition coefficient (Wildman–Crippen LogP) is 2.70. The molecule has 0 bridgehead atoms. The Balaban J connectivity index is 1.67. The molecule has 2 heterocycles. The summed E-state index contributed by atoms with van der Waals surface area (Å²) in [5.74, 6) is -2.44. The number of carbonyl (C=O) groups is 1. The van der Waals surface area contributed by atoms with Gasteiger partial charge in [0.1, 0.15) is 23.3 Å². The van der Waals surface area contributed by atoms with E-state index >= 15 is 0 Å². The quantitative estimate of drug-likeness (QED) is 0.862. The van der Waals surface area contributed by atoms with E-state index in [0.717, 1.165) is 12.1 Å². The van der Waals surface area contributed by atoms with E-state index in [0.29, 0.717) is 18.0 Å². The smallest absolute Gasteiger partial charge is 0.316 e. The summed E-state index contributed by atoms with van der Waals surface area (Å²) in [6, 6.07) is 3.48. The number of carbonyl (C=O) groups excluding carboxylic acids is 1. The Hall–Kier alpha value is -2.28. The summed E-state index contributed by atoms with van der Waals surface area (Å²) in [7, 11) is 0. The van der Waals surface area contributed by atoms with E-state index < -0.39 is 23.1 Å². The molecule has 0 aliphatic carbocycles. The van der Waals surface area contributed by atoms with Crippen LogP contribution in [0.4, 0.5) is 8.78 Å². The molecule has 1 aromatic carbocycles. The lowest BCUT2D eigenvalue weighted by Gasteiger charge is -2.17. The molecule has 23 heavy (non-hydrogen) atoms. The molecule has 1 aromatic heterocycles. The molecule has 1 fully saturated rings. The van der Waals surface area contributed by atoms with Crippen LogP contribution in [-0.4, -0.2) is 40.0 Å². The van der Waals surface area contributed by atoms with E-state index in [-0.39, 0.29) is 18.7 Å². The molecular formula is C15H12ClF2N3O2. The first-order chi connectivity index (χ1) is 11.0. The first-order valence-electron chi connectivity index (χ1n) is 6.92. The van der Waals surface area contributed by atoms with Crippen LogP contribution in [0.1, 0.15) is 16.8 Å². The molecule has 120 valence electrons. The molecule has 2 aromatic rings. The van der Waals surface area contributed by atoms with E-state index in [1.807, 2.05) is 0 Å². The minimum absolute atomic E-state index is 0.144. The SMILES string of the molecule is O=C(c1c(F)cccc1F)N1CCC(Oc2ncc(Cl)cn2)C1. The lowest BCUT2D eigenvalue weighted by atomic mass is 10.1. The van der Waals surface area contributed by atoms with Crippen LogP contribution in [0.3, 0.4) is 0 Å². The van der Waals surface area contributed by atoms with Crippen LogP contribution < -0.4 is 4.74 Å². The Morgan fingerprint density at radius 3 is 2.57 bits per heavy atom. The molecule has 5 nitrogen and oxygen atoms in total. The highest BCUT2D eigenvalue weighted by Crippen LogP contribution is 2.20. The van der Waals surface area contributed by atoms with Gasteiger partial charge in [0.15, 0.2) is 0 Å². The van der Waals surface area contributed by atoms with Crippen LogP contribution in [0.2, 0.25) is 5.02 Å². The van der Waals surface area contributed by atoms with Crippen LogP contribution >= 0.6 is 11.6 Å². The Morgan fingerprint density at radius 1 is 1.26 bits per heavy atom. The van der Waals surface area contributed by atoms with E-state index in [2.05, 4.69) is 9.97 Å². The molecule has 1 aliphatic rings. The number of hydrogen-bond donors (Lipinski definition) is 0. The molecule has 0 N–H and O–H groups in total. The second kappa shape index (κ2) is 6.45. The Bertz CT molecular complexity index is 707. The van der Waals surface area contributed by atoms with E-state index in [1.54, 1.807) is 0 Å². The van der Waals surface area contributed by atoms with Crippen molar-refractivity contribution >= 4 is 17.5 Å². The number of likely N-dealkylation sites (tertiary alicyclic amines) is 1. The zero-order valence-corrected chi connectivity index (χ0v) is 12.6. The fourth-order valence-corrected chi connectivity index (χ4v) is 2.48. The predicted molar refractivity (Wildman–Crippen MR) is 78.3 cm³/mol. The number of hydrogen-bond acceptors (Lipinski definition) is 4. The molecule has 0 saturated carbocycles. The van der Waals surface area contributed by atoms with Gasteiger partial charge in [0.2, 0.25) is 0 Å². The van der Waals surface area contributed by atoms with Gasteiger partial charge in [0, 0.05) is 13.0 Å². The molecule has 1 atom stereocenters. The van der Waals surface area contributed by atoms with Gasteiger partial charge in [-0.3, -0.25) is 4.79 Å². The van der Waals surface area contributed by atoms with Gasteiger partial charge in [0.25, 0.3) is 5.91 Å². The van der Waals surface area contributed by atoms with Gasteiger partial charge < -0.3 is 9.64 Å². The number of amides is 1. The highest BCUT2D eigenvalue weighted by molar-refractivity contribution is 6.30. The van der Waals surface area contributed by atoms with Gasteiger partial charge in [-0.15, -0.1) is 0 Å². The Kier molecular flexibility index (Phi) is 4.38. The number of halogens is 3. The molecule has 1 saturated heterocycles. The fourth-order valence-electron chi connectivity index (χ4n) is 2.38. The summed E-state index contributed by atoms with van der Waals surface area (Å²) in [6.45, 7) is 0.545. The highest BCUT2D eigenvalue weighted by atomic mass is 35.5. The molecule has 0 radical (unpaired) electrons. The normalized spacial score (nSPS) is 17.3. The average molecular weight is 340 g/mol. The lowest BCUT2D eigenvalue weighted by Crippen LogP contribution is -2.32. The van der Waals surface area contributed by atoms with Crippen LogP contribution in [0.15, 0.2) is 30.6 Å². The van der Waals surface area contributed by atoms with Crippen LogP contribution in [0, 0.1) is 11.6 Å². The summed E-state index contributed by atoms with van der Waals surface area (Å²) in [5.41, 5.74) is -0.545. The molecule has 1 amide bonds. The van der Waals surface area contributed by atoms with Crippen molar-refractivity contribution in [3.8, 4) is 6.01 Å². The summed E-state index contributed by atoms with van der Waals surface area (Å²) in [6.07, 6.45) is 2.98. The molecule has 8 heteroatoms. The Morgan fingerprint density at radius 2 is 1.91 bits per heavy atom. The molecule has 1 unspecified atom stereocenters. The topological polar surface area (TPSA) is 55.3 Å². The molecule has 1 aliphatic heterocycles. The zero-order chi connectivity index (χ0) is 16.4. The molecule has 0 spiro atoms. The van der Waals surface area contributed by atoms with Gasteiger partial charge in [-0.2, -0.15) is 0 Å². The third-order valence-corrected chi connectivity index (χ3v) is 3.67. The number of ether oxygens (including phenoxy) is 1. The zero-order valence-electron chi connectivity index (χ0n) is 11.9. The summed E-state index contributed by atoms with van der Waals surface area (Å²) >= 11 is 5.69. The van der Waals surface area contributed by atoms with Crippen LogP contribution in [-0.2, 0) is 0 Å². The second-order valence-electron chi connectivity index (χ2n) is 5.06. The fraction of sp³-hybridized carbons (Fsp3) is 0.267. The maximum atomic E-state index is 13.7. The largest absolute Gasteiger partial charge is 0.458 e. The number of aromatic nitrogens is 2. The minimum atomic E-state index is -0.875.